The summed E-state index contributed by atoms with van der Waals surface area (Å²) in [5.41, 5.74) is 0.696. The smallest absolute Gasteiger partial charge is 0.325 e. The van der Waals surface area contributed by atoms with Crippen molar-refractivity contribution in [3.05, 3.63) is 82.9 Å². The van der Waals surface area contributed by atoms with Crippen LogP contribution in [0.1, 0.15) is 44.2 Å². The third-order valence-corrected chi connectivity index (χ3v) is 9.06. The molecule has 226 valence electrons. The molecule has 5 rings (SSSR count). The van der Waals surface area contributed by atoms with Crippen molar-refractivity contribution in [1.29, 1.82) is 0 Å². The molecule has 2 aliphatic heterocycles. The van der Waals surface area contributed by atoms with Crippen molar-refractivity contribution >= 4 is 29.7 Å². The first-order chi connectivity index (χ1) is 20.8. The van der Waals surface area contributed by atoms with E-state index in [4.69, 9.17) is 0 Å². The maximum atomic E-state index is 14.8. The fourth-order valence-electron chi connectivity index (χ4n) is 7.25. The van der Waals surface area contributed by atoms with Gasteiger partial charge in [-0.05, 0) is 37.3 Å². The maximum Gasteiger partial charge on any atom is 0.325 e. The Hall–Kier alpha value is -4.31. The molecule has 2 heterocycles. The molecule has 43 heavy (non-hydrogen) atoms. The molecule has 4 atom stereocenters. The number of rotatable bonds is 9. The standard InChI is InChI=1S/C33H38N4O6/c1-3-23-24-15-16-25-26(30(41)36(4-2)28(25)39)27(24)33(19-21-11-7-5-8-12-21,37(29(23)40)32(43)34-17-18-38)31(42)35-20-22-13-9-6-10-14-22/h5-14,25-27,38H,3-4,15-20H2,1-2H3,(H,34,43)(H,35,42)/t25-,26-,27+,33+/m1/s1. The number of imide groups is 2. The van der Waals surface area contributed by atoms with Crippen LogP contribution in [-0.4, -0.2) is 69.8 Å². The predicted octanol–water partition coefficient (Wildman–Crippen LogP) is 2.57. The summed E-state index contributed by atoms with van der Waals surface area (Å²) in [7, 11) is 0. The number of hydrogen-bond donors (Lipinski definition) is 3. The minimum atomic E-state index is -1.87. The topological polar surface area (TPSA) is 136 Å². The number of nitrogens with one attached hydrogen (secondary N) is 2. The number of carbonyl (C=O) groups is 5. The molecule has 0 radical (unpaired) electrons. The Morgan fingerprint density at radius 3 is 2.19 bits per heavy atom. The van der Waals surface area contributed by atoms with E-state index in [1.165, 1.54) is 4.90 Å². The highest BCUT2D eigenvalue weighted by molar-refractivity contribution is 6.12. The van der Waals surface area contributed by atoms with Crippen LogP contribution >= 0.6 is 0 Å². The van der Waals surface area contributed by atoms with Gasteiger partial charge in [0.15, 0.2) is 0 Å². The quantitative estimate of drug-likeness (QED) is 0.387. The number of nitrogens with zero attached hydrogens (tertiary/aromatic N) is 2. The Labute approximate surface area is 251 Å². The summed E-state index contributed by atoms with van der Waals surface area (Å²) < 4.78 is 0. The van der Waals surface area contributed by atoms with Gasteiger partial charge >= 0.3 is 6.03 Å². The lowest BCUT2D eigenvalue weighted by Crippen LogP contribution is -2.73. The lowest BCUT2D eigenvalue weighted by molar-refractivity contribution is -0.151. The van der Waals surface area contributed by atoms with Crippen LogP contribution < -0.4 is 10.6 Å². The third kappa shape index (κ3) is 5.14. The van der Waals surface area contributed by atoms with Gasteiger partial charge < -0.3 is 15.7 Å². The zero-order chi connectivity index (χ0) is 30.7. The summed E-state index contributed by atoms with van der Waals surface area (Å²) in [5, 5.41) is 15.1. The SMILES string of the molecule is CCC1=C2CC[C@H]3C(=O)N(CC)C(=O)[C@H]3[C@H]2[C@@](Cc2ccccc2)(C(=O)NCc2ccccc2)N(C(=O)NCCO)C1=O. The molecule has 10 heteroatoms. The zero-order valence-electron chi connectivity index (χ0n) is 24.5. The number of fused-ring (bicyclic) bond motifs is 3. The molecule has 0 aromatic heterocycles. The van der Waals surface area contributed by atoms with E-state index in [9.17, 15) is 29.1 Å². The van der Waals surface area contributed by atoms with Crippen molar-refractivity contribution in [3.63, 3.8) is 0 Å². The average molecular weight is 587 g/mol. The van der Waals surface area contributed by atoms with Gasteiger partial charge in [0.1, 0.15) is 5.54 Å². The zero-order valence-corrected chi connectivity index (χ0v) is 24.5. The molecule has 2 aromatic rings. The molecule has 3 N–H and O–H groups in total. The molecule has 0 unspecified atom stereocenters. The van der Waals surface area contributed by atoms with E-state index in [-0.39, 0.29) is 44.5 Å². The molecule has 1 saturated carbocycles. The second kappa shape index (κ2) is 12.5. The van der Waals surface area contributed by atoms with E-state index in [1.807, 2.05) is 67.6 Å². The minimum absolute atomic E-state index is 0.0608. The monoisotopic (exact) mass is 586 g/mol. The van der Waals surface area contributed by atoms with E-state index in [2.05, 4.69) is 10.6 Å². The van der Waals surface area contributed by atoms with Crippen LogP contribution in [0.4, 0.5) is 4.79 Å². The fourth-order valence-corrected chi connectivity index (χ4v) is 7.25. The fraction of sp³-hybridized carbons (Fsp3) is 0.424. The average Bonchev–Trinajstić information content (AvgIpc) is 3.27. The van der Waals surface area contributed by atoms with Gasteiger partial charge in [-0.15, -0.1) is 0 Å². The van der Waals surface area contributed by atoms with Gasteiger partial charge in [-0.2, -0.15) is 0 Å². The largest absolute Gasteiger partial charge is 0.395 e. The number of hydrogen-bond acceptors (Lipinski definition) is 6. The summed E-state index contributed by atoms with van der Waals surface area (Å²) in [6.45, 7) is 3.38. The molecule has 2 aromatic carbocycles. The molecule has 3 aliphatic rings. The van der Waals surface area contributed by atoms with Crippen molar-refractivity contribution < 1.29 is 29.1 Å². The van der Waals surface area contributed by atoms with E-state index in [1.54, 1.807) is 6.92 Å². The van der Waals surface area contributed by atoms with E-state index >= 15 is 0 Å². The number of carbonyl (C=O) groups excluding carboxylic acids is 5. The molecule has 1 aliphatic carbocycles. The van der Waals surface area contributed by atoms with Crippen molar-refractivity contribution in [3.8, 4) is 0 Å². The lowest BCUT2D eigenvalue weighted by atomic mass is 9.57. The molecule has 1 saturated heterocycles. The summed E-state index contributed by atoms with van der Waals surface area (Å²) in [6, 6.07) is 17.5. The summed E-state index contributed by atoms with van der Waals surface area (Å²) in [6.07, 6.45) is 0.983. The van der Waals surface area contributed by atoms with Gasteiger partial charge in [-0.1, -0.05) is 73.2 Å². The number of benzene rings is 2. The summed E-state index contributed by atoms with van der Waals surface area (Å²) in [5.74, 6) is -4.33. The number of amides is 6. The van der Waals surface area contributed by atoms with Gasteiger partial charge in [0.2, 0.25) is 17.7 Å². The van der Waals surface area contributed by atoms with Crippen LogP contribution in [0.25, 0.3) is 0 Å². The van der Waals surface area contributed by atoms with Crippen LogP contribution in [-0.2, 0) is 32.1 Å². The minimum Gasteiger partial charge on any atom is -0.395 e. The highest BCUT2D eigenvalue weighted by Crippen LogP contribution is 2.55. The maximum absolute atomic E-state index is 14.8. The van der Waals surface area contributed by atoms with Crippen LogP contribution in [0.5, 0.6) is 0 Å². The molecule has 10 nitrogen and oxygen atoms in total. The number of urea groups is 1. The third-order valence-electron chi connectivity index (χ3n) is 9.06. The first-order valence-corrected chi connectivity index (χ1v) is 15.0. The Bertz CT molecular complexity index is 1440. The first-order valence-electron chi connectivity index (χ1n) is 15.0. The van der Waals surface area contributed by atoms with Crippen LogP contribution in [0.2, 0.25) is 0 Å². The van der Waals surface area contributed by atoms with Gasteiger partial charge in [-0.25, -0.2) is 9.69 Å². The van der Waals surface area contributed by atoms with Gasteiger partial charge in [0.25, 0.3) is 5.91 Å². The van der Waals surface area contributed by atoms with Crippen LogP contribution in [0, 0.1) is 17.8 Å². The van der Waals surface area contributed by atoms with E-state index in [0.29, 0.717) is 36.0 Å². The number of likely N-dealkylation sites (tertiary alicyclic amines) is 1. The van der Waals surface area contributed by atoms with Crippen molar-refractivity contribution in [2.24, 2.45) is 17.8 Å². The summed E-state index contributed by atoms with van der Waals surface area (Å²) in [4.78, 5) is 72.9. The van der Waals surface area contributed by atoms with Gasteiger partial charge in [-0.3, -0.25) is 24.1 Å². The number of aliphatic hydroxyl groups excluding tert-OH is 1. The molecule has 0 spiro atoms. The molecule has 6 amide bonds. The Balaban J connectivity index is 1.76. The normalized spacial score (nSPS) is 25.0. The van der Waals surface area contributed by atoms with E-state index in [0.717, 1.165) is 10.5 Å². The van der Waals surface area contributed by atoms with E-state index < -0.39 is 41.1 Å². The van der Waals surface area contributed by atoms with Gasteiger partial charge in [0, 0.05) is 37.5 Å². The Morgan fingerprint density at radius 1 is 0.930 bits per heavy atom. The molecule has 2 fully saturated rings. The first kappa shape index (κ1) is 30.2. The summed E-state index contributed by atoms with van der Waals surface area (Å²) >= 11 is 0. The number of aliphatic hydroxyl groups is 1. The Kier molecular flexibility index (Phi) is 8.77. The van der Waals surface area contributed by atoms with Crippen molar-refractivity contribution in [2.45, 2.75) is 51.6 Å². The predicted molar refractivity (Wildman–Crippen MR) is 158 cm³/mol. The second-order valence-electron chi connectivity index (χ2n) is 11.3. The Morgan fingerprint density at radius 2 is 1.58 bits per heavy atom. The molecular weight excluding hydrogens is 548 g/mol. The molecule has 0 bridgehead atoms. The second-order valence-corrected chi connectivity index (χ2v) is 11.3. The highest BCUT2D eigenvalue weighted by Gasteiger charge is 2.67. The van der Waals surface area contributed by atoms with Crippen LogP contribution in [0.3, 0.4) is 0 Å². The molecular formula is C33H38N4O6. The van der Waals surface area contributed by atoms with Gasteiger partial charge in [0.05, 0.1) is 18.4 Å². The highest BCUT2D eigenvalue weighted by atomic mass is 16.3. The van der Waals surface area contributed by atoms with Crippen molar-refractivity contribution in [1.82, 2.24) is 20.4 Å². The lowest BCUT2D eigenvalue weighted by Gasteiger charge is -2.54. The van der Waals surface area contributed by atoms with Crippen LogP contribution in [0.15, 0.2) is 71.8 Å². The van der Waals surface area contributed by atoms with Crippen molar-refractivity contribution in [2.75, 3.05) is 19.7 Å².